The number of piperazine rings is 1. The van der Waals surface area contributed by atoms with E-state index in [2.05, 4.69) is 17.1 Å². The maximum Gasteiger partial charge on any atom is 0.237 e. The molecule has 2 fully saturated rings. The summed E-state index contributed by atoms with van der Waals surface area (Å²) in [6, 6.07) is 0.903. The minimum Gasteiger partial charge on any atom is -0.396 e. The molecule has 2 unspecified atom stereocenters. The summed E-state index contributed by atoms with van der Waals surface area (Å²) in [7, 11) is 0. The highest BCUT2D eigenvalue weighted by Gasteiger charge is 2.42. The summed E-state index contributed by atoms with van der Waals surface area (Å²) in [4.78, 5) is 13.9. The molecule has 2 N–H and O–H groups in total. The Kier molecular flexibility index (Phi) is 2.74. The van der Waals surface area contributed by atoms with Crippen LogP contribution in [0, 0.1) is 0 Å². The highest BCUT2D eigenvalue weighted by molar-refractivity contribution is 5.82. The average Bonchev–Trinajstić information content (AvgIpc) is 2.95. The molecule has 1 saturated carbocycles. The number of rotatable bonds is 3. The lowest BCUT2D eigenvalue weighted by Gasteiger charge is -2.40. The first-order valence-electron chi connectivity index (χ1n) is 5.40. The fourth-order valence-electron chi connectivity index (χ4n) is 2.30. The molecule has 4 heteroatoms. The smallest absolute Gasteiger partial charge is 0.237 e. The van der Waals surface area contributed by atoms with Gasteiger partial charge in [0.25, 0.3) is 0 Å². The van der Waals surface area contributed by atoms with Crippen LogP contribution >= 0.6 is 0 Å². The van der Waals surface area contributed by atoms with Crippen LogP contribution in [-0.2, 0) is 4.79 Å². The van der Waals surface area contributed by atoms with Crippen molar-refractivity contribution in [1.82, 2.24) is 10.2 Å². The molecule has 1 heterocycles. The highest BCUT2D eigenvalue weighted by Crippen LogP contribution is 2.32. The van der Waals surface area contributed by atoms with Gasteiger partial charge in [0.05, 0.1) is 6.04 Å². The number of aliphatic hydroxyl groups excluding tert-OH is 1. The van der Waals surface area contributed by atoms with E-state index in [1.165, 1.54) is 12.8 Å². The second-order valence-corrected chi connectivity index (χ2v) is 4.30. The number of hydrogen-bond donors (Lipinski definition) is 2. The molecule has 1 aliphatic carbocycles. The van der Waals surface area contributed by atoms with E-state index in [4.69, 9.17) is 5.11 Å². The Morgan fingerprint density at radius 1 is 1.57 bits per heavy atom. The number of amides is 1. The highest BCUT2D eigenvalue weighted by atomic mass is 16.3. The third kappa shape index (κ3) is 1.77. The first kappa shape index (κ1) is 9.93. The molecule has 4 nitrogen and oxygen atoms in total. The van der Waals surface area contributed by atoms with Crippen LogP contribution in [0.5, 0.6) is 0 Å². The molecule has 80 valence electrons. The summed E-state index contributed by atoms with van der Waals surface area (Å²) in [5, 5.41) is 11.8. The van der Waals surface area contributed by atoms with Gasteiger partial charge >= 0.3 is 0 Å². The summed E-state index contributed by atoms with van der Waals surface area (Å²) in [6.45, 7) is 2.98. The predicted octanol–water partition coefficient (Wildman–Crippen LogP) is -0.280. The molecule has 0 bridgehead atoms. The van der Waals surface area contributed by atoms with Crippen LogP contribution in [0.25, 0.3) is 0 Å². The second kappa shape index (κ2) is 3.87. The number of aliphatic hydroxyl groups is 1. The van der Waals surface area contributed by atoms with Gasteiger partial charge in [-0.15, -0.1) is 0 Å². The predicted molar refractivity (Wildman–Crippen MR) is 52.8 cm³/mol. The Balaban J connectivity index is 2.07. The lowest BCUT2D eigenvalue weighted by Crippen LogP contribution is -2.60. The van der Waals surface area contributed by atoms with Crippen molar-refractivity contribution < 1.29 is 9.90 Å². The molecule has 0 aromatic heterocycles. The van der Waals surface area contributed by atoms with Gasteiger partial charge in [-0.3, -0.25) is 9.69 Å². The molecule has 1 amide bonds. The maximum absolute atomic E-state index is 11.6. The van der Waals surface area contributed by atoms with E-state index < -0.39 is 0 Å². The SMILES string of the molecule is CC1CNC(=O)C(CCO)N1C1CC1. The monoisotopic (exact) mass is 198 g/mol. The van der Waals surface area contributed by atoms with E-state index in [1.807, 2.05) is 0 Å². The van der Waals surface area contributed by atoms with E-state index in [1.54, 1.807) is 0 Å². The van der Waals surface area contributed by atoms with E-state index in [9.17, 15) is 4.79 Å². The lowest BCUT2D eigenvalue weighted by atomic mass is 10.0. The fourth-order valence-corrected chi connectivity index (χ4v) is 2.30. The first-order chi connectivity index (χ1) is 6.74. The molecule has 0 aromatic rings. The van der Waals surface area contributed by atoms with Gasteiger partial charge in [0.2, 0.25) is 5.91 Å². The number of hydrogen-bond acceptors (Lipinski definition) is 3. The largest absolute Gasteiger partial charge is 0.396 e. The topological polar surface area (TPSA) is 52.6 Å². The Morgan fingerprint density at radius 2 is 2.29 bits per heavy atom. The maximum atomic E-state index is 11.6. The van der Waals surface area contributed by atoms with Gasteiger partial charge in [-0.2, -0.15) is 0 Å². The van der Waals surface area contributed by atoms with E-state index in [0.717, 1.165) is 6.54 Å². The molecule has 2 rings (SSSR count). The molecule has 2 aliphatic rings. The summed E-state index contributed by atoms with van der Waals surface area (Å²) in [5.74, 6) is 0.0871. The Hall–Kier alpha value is -0.610. The zero-order valence-electron chi connectivity index (χ0n) is 8.57. The van der Waals surface area contributed by atoms with Crippen molar-refractivity contribution in [3.8, 4) is 0 Å². The standard InChI is InChI=1S/C10H18N2O2/c1-7-6-11-10(14)9(4-5-13)12(7)8-2-3-8/h7-9,13H,2-6H2,1H3,(H,11,14). The van der Waals surface area contributed by atoms with Gasteiger partial charge in [0, 0.05) is 25.2 Å². The zero-order chi connectivity index (χ0) is 10.1. The number of carbonyl (C=O) groups excluding carboxylic acids is 1. The van der Waals surface area contributed by atoms with Crippen molar-refractivity contribution in [3.63, 3.8) is 0 Å². The van der Waals surface area contributed by atoms with Crippen LogP contribution in [-0.4, -0.2) is 47.2 Å². The lowest BCUT2D eigenvalue weighted by molar-refractivity contribution is -0.132. The quantitative estimate of drug-likeness (QED) is 0.656. The number of nitrogens with one attached hydrogen (secondary N) is 1. The molecule has 0 radical (unpaired) electrons. The van der Waals surface area contributed by atoms with Crippen LogP contribution < -0.4 is 5.32 Å². The van der Waals surface area contributed by atoms with Crippen molar-refractivity contribution in [2.24, 2.45) is 0 Å². The van der Waals surface area contributed by atoms with Gasteiger partial charge < -0.3 is 10.4 Å². The molecule has 14 heavy (non-hydrogen) atoms. The van der Waals surface area contributed by atoms with Gasteiger partial charge in [-0.1, -0.05) is 0 Å². The summed E-state index contributed by atoms with van der Waals surface area (Å²) < 4.78 is 0. The van der Waals surface area contributed by atoms with Gasteiger partial charge in [-0.05, 0) is 26.2 Å². The van der Waals surface area contributed by atoms with Crippen LogP contribution in [0.3, 0.4) is 0 Å². The molecule has 1 saturated heterocycles. The third-order valence-corrected chi connectivity index (χ3v) is 3.11. The molecular formula is C10H18N2O2. The van der Waals surface area contributed by atoms with Crippen LogP contribution in [0.4, 0.5) is 0 Å². The van der Waals surface area contributed by atoms with Gasteiger partial charge in [0.1, 0.15) is 0 Å². The minimum absolute atomic E-state index is 0.0871. The van der Waals surface area contributed by atoms with Gasteiger partial charge in [-0.25, -0.2) is 0 Å². The summed E-state index contributed by atoms with van der Waals surface area (Å²) in [5.41, 5.74) is 0. The number of carbonyl (C=O) groups is 1. The van der Waals surface area contributed by atoms with Crippen LogP contribution in [0.2, 0.25) is 0 Å². The van der Waals surface area contributed by atoms with E-state index in [-0.39, 0.29) is 18.6 Å². The molecule has 0 spiro atoms. The minimum atomic E-state index is -0.101. The molecule has 0 aromatic carbocycles. The molecule has 2 atom stereocenters. The second-order valence-electron chi connectivity index (χ2n) is 4.30. The first-order valence-corrected chi connectivity index (χ1v) is 5.40. The number of nitrogens with zero attached hydrogens (tertiary/aromatic N) is 1. The third-order valence-electron chi connectivity index (χ3n) is 3.11. The molecular weight excluding hydrogens is 180 g/mol. The normalized spacial score (nSPS) is 34.3. The van der Waals surface area contributed by atoms with Gasteiger partial charge in [0.15, 0.2) is 0 Å². The summed E-state index contributed by atoms with van der Waals surface area (Å²) >= 11 is 0. The van der Waals surface area contributed by atoms with Crippen LogP contribution in [0.15, 0.2) is 0 Å². The Bertz CT molecular complexity index is 228. The fraction of sp³-hybridized carbons (Fsp3) is 0.900. The Morgan fingerprint density at radius 3 is 2.86 bits per heavy atom. The van der Waals surface area contributed by atoms with Crippen LogP contribution in [0.1, 0.15) is 26.2 Å². The van der Waals surface area contributed by atoms with Crippen molar-refractivity contribution in [1.29, 1.82) is 0 Å². The van der Waals surface area contributed by atoms with Crippen molar-refractivity contribution in [2.45, 2.75) is 44.3 Å². The van der Waals surface area contributed by atoms with Crippen molar-refractivity contribution >= 4 is 5.91 Å². The Labute approximate surface area is 84.3 Å². The van der Waals surface area contributed by atoms with E-state index >= 15 is 0 Å². The van der Waals surface area contributed by atoms with E-state index in [0.29, 0.717) is 18.5 Å². The zero-order valence-corrected chi connectivity index (χ0v) is 8.57. The molecule has 1 aliphatic heterocycles. The summed E-state index contributed by atoms with van der Waals surface area (Å²) in [6.07, 6.45) is 2.98. The van der Waals surface area contributed by atoms with Crippen molar-refractivity contribution in [3.05, 3.63) is 0 Å². The average molecular weight is 198 g/mol. The van der Waals surface area contributed by atoms with Crippen molar-refractivity contribution in [2.75, 3.05) is 13.2 Å².